The van der Waals surface area contributed by atoms with Crippen LogP contribution >= 0.6 is 0 Å². The van der Waals surface area contributed by atoms with Crippen molar-refractivity contribution in [1.82, 2.24) is 0 Å². The Balaban J connectivity index is 1.14. The summed E-state index contributed by atoms with van der Waals surface area (Å²) in [6.07, 6.45) is 27.6. The Morgan fingerprint density at radius 1 is 0.846 bits per heavy atom. The van der Waals surface area contributed by atoms with Crippen LogP contribution in [0.15, 0.2) is 188 Å². The van der Waals surface area contributed by atoms with Gasteiger partial charge >= 0.3 is 0 Å². The van der Waals surface area contributed by atoms with Crippen LogP contribution in [0, 0.1) is 12.3 Å². The first-order chi connectivity index (χ1) is 25.6. The third-order valence-electron chi connectivity index (χ3n) is 10.6. The van der Waals surface area contributed by atoms with E-state index in [4.69, 9.17) is 6.42 Å². The second kappa shape index (κ2) is 14.1. The lowest BCUT2D eigenvalue weighted by Crippen LogP contribution is -2.20. The van der Waals surface area contributed by atoms with Gasteiger partial charge in [-0.1, -0.05) is 134 Å². The predicted molar refractivity (Wildman–Crippen MR) is 221 cm³/mol. The molecule has 252 valence electrons. The van der Waals surface area contributed by atoms with E-state index < -0.39 is 0 Å². The van der Waals surface area contributed by atoms with Gasteiger partial charge in [0.1, 0.15) is 0 Å². The summed E-state index contributed by atoms with van der Waals surface area (Å²) in [5.74, 6) is 3.17. The molecule has 0 saturated heterocycles. The van der Waals surface area contributed by atoms with Gasteiger partial charge in [-0.25, -0.2) is 0 Å². The van der Waals surface area contributed by atoms with Gasteiger partial charge in [-0.2, -0.15) is 0 Å². The first-order valence-electron chi connectivity index (χ1n) is 18.2. The summed E-state index contributed by atoms with van der Waals surface area (Å²) in [4.78, 5) is 4.79. The van der Waals surface area contributed by atoms with Gasteiger partial charge in [-0.15, -0.1) is 6.42 Å². The van der Waals surface area contributed by atoms with E-state index in [2.05, 4.69) is 186 Å². The van der Waals surface area contributed by atoms with Crippen molar-refractivity contribution < 1.29 is 0 Å². The van der Waals surface area contributed by atoms with E-state index in [1.165, 1.54) is 39.3 Å². The second-order valence-electron chi connectivity index (χ2n) is 13.9. The minimum absolute atomic E-state index is 0.0151. The van der Waals surface area contributed by atoms with Crippen molar-refractivity contribution in [2.45, 2.75) is 38.0 Å². The van der Waals surface area contributed by atoms with Crippen LogP contribution in [-0.4, -0.2) is 0 Å². The Kier molecular flexibility index (Phi) is 8.94. The molecule has 5 aromatic carbocycles. The zero-order valence-corrected chi connectivity index (χ0v) is 29.8. The Bertz CT molecular complexity index is 2310. The van der Waals surface area contributed by atoms with E-state index in [0.29, 0.717) is 5.92 Å². The Hall–Kier alpha value is -6.30. The van der Waals surface area contributed by atoms with Crippen LogP contribution in [0.25, 0.3) is 11.1 Å². The van der Waals surface area contributed by atoms with Gasteiger partial charge in [0, 0.05) is 45.4 Å². The smallest absolute Gasteiger partial charge is 0.0518 e. The quantitative estimate of drug-likeness (QED) is 0.120. The van der Waals surface area contributed by atoms with Crippen molar-refractivity contribution in [2.75, 3.05) is 9.80 Å². The minimum Gasteiger partial charge on any atom is -0.313 e. The Labute approximate surface area is 308 Å². The average molecular weight is 671 g/mol. The van der Waals surface area contributed by atoms with E-state index in [1.807, 2.05) is 25.2 Å². The molecule has 1 heterocycles. The number of benzene rings is 5. The number of hydrogen-bond donors (Lipinski definition) is 0. The van der Waals surface area contributed by atoms with Crippen LogP contribution in [0.5, 0.6) is 0 Å². The third-order valence-corrected chi connectivity index (χ3v) is 10.6. The summed E-state index contributed by atoms with van der Waals surface area (Å²) < 4.78 is 0. The zero-order chi connectivity index (χ0) is 35.5. The summed E-state index contributed by atoms with van der Waals surface area (Å²) in [5, 5.41) is 0. The fourth-order valence-electron chi connectivity index (χ4n) is 7.74. The first kappa shape index (κ1) is 32.9. The molecule has 0 radical (unpaired) electrons. The number of terminal acetylenes is 1. The van der Waals surface area contributed by atoms with Crippen molar-refractivity contribution >= 4 is 39.6 Å². The molecule has 1 aliphatic heterocycles. The maximum absolute atomic E-state index is 5.88. The summed E-state index contributed by atoms with van der Waals surface area (Å²) in [7, 11) is 0. The average Bonchev–Trinajstić information content (AvgIpc) is 3.53. The molecule has 0 N–H and O–H groups in total. The fourth-order valence-corrected chi connectivity index (χ4v) is 7.74. The number of anilines is 5. The number of fused-ring (bicyclic) bond motifs is 3. The molecule has 0 spiro atoms. The van der Waals surface area contributed by atoms with Crippen molar-refractivity contribution in [3.05, 3.63) is 210 Å². The van der Waals surface area contributed by atoms with Crippen LogP contribution < -0.4 is 9.80 Å². The largest absolute Gasteiger partial charge is 0.313 e. The van der Waals surface area contributed by atoms with Gasteiger partial charge in [-0.05, 0) is 108 Å². The molecule has 0 aromatic heterocycles. The highest BCUT2D eigenvalue weighted by atomic mass is 15.2. The van der Waals surface area contributed by atoms with Gasteiger partial charge in [0.2, 0.25) is 0 Å². The monoisotopic (exact) mass is 670 g/mol. The molecule has 3 aliphatic rings. The molecule has 2 aliphatic carbocycles. The summed E-state index contributed by atoms with van der Waals surface area (Å²) in [6, 6.07) is 46.0. The molecule has 0 saturated carbocycles. The van der Waals surface area contributed by atoms with Crippen molar-refractivity contribution in [3.63, 3.8) is 0 Å². The molecule has 2 nitrogen and oxygen atoms in total. The van der Waals surface area contributed by atoms with Crippen LogP contribution in [0.3, 0.4) is 0 Å². The molecule has 0 bridgehead atoms. The molecule has 2 heteroatoms. The predicted octanol–water partition coefficient (Wildman–Crippen LogP) is 13.1. The van der Waals surface area contributed by atoms with Gasteiger partial charge in [-0.3, -0.25) is 0 Å². The fraction of sp³-hybridized carbons (Fsp3) is 0.120. The maximum atomic E-state index is 5.88. The Morgan fingerprint density at radius 3 is 2.25 bits per heavy atom. The number of allylic oxidation sites excluding steroid dienone is 12. The minimum atomic E-state index is 0.0151. The lowest BCUT2D eigenvalue weighted by atomic mass is 9.75. The molecule has 0 amide bonds. The SMILES string of the molecule is C#C/C(=C\C=C/C)c1ccc(N(c2ccccc2)c2ccc3c(c2)N(c2ccc(C4=CCC(C)(c5ccccc5)C=C4)cc2)C2=CC=CCC23)cc1. The normalized spacial score (nSPS) is 19.1. The zero-order valence-electron chi connectivity index (χ0n) is 29.8. The summed E-state index contributed by atoms with van der Waals surface area (Å²) in [5.41, 5.74) is 14.1. The highest BCUT2D eigenvalue weighted by Crippen LogP contribution is 2.52. The highest BCUT2D eigenvalue weighted by molar-refractivity contribution is 5.87. The van der Waals surface area contributed by atoms with E-state index >= 15 is 0 Å². The van der Waals surface area contributed by atoms with Crippen LogP contribution in [0.2, 0.25) is 0 Å². The third kappa shape index (κ3) is 6.16. The van der Waals surface area contributed by atoms with Crippen molar-refractivity contribution in [2.24, 2.45) is 0 Å². The molecular formula is C50H42N2. The van der Waals surface area contributed by atoms with Gasteiger partial charge in [0.15, 0.2) is 0 Å². The van der Waals surface area contributed by atoms with E-state index in [9.17, 15) is 0 Å². The van der Waals surface area contributed by atoms with E-state index in [-0.39, 0.29) is 5.41 Å². The second-order valence-corrected chi connectivity index (χ2v) is 13.9. The summed E-state index contributed by atoms with van der Waals surface area (Å²) in [6.45, 7) is 4.32. The summed E-state index contributed by atoms with van der Waals surface area (Å²) >= 11 is 0. The standard InChI is InChI=1S/C50H42N2/c1-4-6-15-37(5-2)38-22-26-43(27-23-38)51(42-18-11-8-12-19-42)45-30-31-47-46-20-13-14-21-48(46)52(49(47)36-45)44-28-24-39(25-29-44)40-32-34-50(3,35-33-40)41-16-9-7-10-17-41/h2,4,6-19,21-34,36,46H,20,35H2,1,3H3/b6-4-,37-15+. The van der Waals surface area contributed by atoms with E-state index in [1.54, 1.807) is 0 Å². The van der Waals surface area contributed by atoms with E-state index in [0.717, 1.165) is 41.0 Å². The molecule has 52 heavy (non-hydrogen) atoms. The maximum Gasteiger partial charge on any atom is 0.0518 e. The van der Waals surface area contributed by atoms with Crippen LogP contribution in [0.1, 0.15) is 54.9 Å². The molecule has 8 rings (SSSR count). The van der Waals surface area contributed by atoms with Gasteiger partial charge < -0.3 is 9.80 Å². The Morgan fingerprint density at radius 2 is 1.56 bits per heavy atom. The topological polar surface area (TPSA) is 6.48 Å². The van der Waals surface area contributed by atoms with Crippen molar-refractivity contribution in [3.8, 4) is 12.3 Å². The molecule has 2 unspecified atom stereocenters. The first-order valence-corrected chi connectivity index (χ1v) is 18.2. The van der Waals surface area contributed by atoms with Gasteiger partial charge in [0.25, 0.3) is 0 Å². The van der Waals surface area contributed by atoms with Crippen molar-refractivity contribution in [1.29, 1.82) is 0 Å². The number of nitrogens with zero attached hydrogens (tertiary/aromatic N) is 2. The number of rotatable bonds is 8. The number of hydrogen-bond acceptors (Lipinski definition) is 2. The highest BCUT2D eigenvalue weighted by Gasteiger charge is 2.35. The molecular weight excluding hydrogens is 629 g/mol. The lowest BCUT2D eigenvalue weighted by Gasteiger charge is -2.29. The van der Waals surface area contributed by atoms with Crippen LogP contribution in [0.4, 0.5) is 28.4 Å². The molecule has 2 atom stereocenters. The lowest BCUT2D eigenvalue weighted by molar-refractivity contribution is 0.601. The molecule has 0 fully saturated rings. The van der Waals surface area contributed by atoms with Gasteiger partial charge in [0.05, 0.1) is 5.69 Å². The number of para-hydroxylation sites is 1. The van der Waals surface area contributed by atoms with Crippen LogP contribution in [-0.2, 0) is 5.41 Å². The molecule has 5 aromatic rings.